The van der Waals surface area contributed by atoms with Crippen LogP contribution < -0.4 is 20.7 Å². The fourth-order valence-corrected chi connectivity index (χ4v) is 15.5. The Bertz CT molecular complexity index is 3310. The van der Waals surface area contributed by atoms with E-state index in [1.807, 2.05) is 17.4 Å². The lowest BCUT2D eigenvalue weighted by atomic mass is 10.1. The third-order valence-electron chi connectivity index (χ3n) is 12.2. The molecule has 4 heteroatoms. The zero-order valence-corrected chi connectivity index (χ0v) is 34.5. The summed E-state index contributed by atoms with van der Waals surface area (Å²) in [6, 6.07) is 72.4. The van der Waals surface area contributed by atoms with Crippen LogP contribution in [0.25, 0.3) is 70.3 Å². The van der Waals surface area contributed by atoms with E-state index in [0.717, 1.165) is 11.4 Å². The lowest BCUT2D eigenvalue weighted by Gasteiger charge is -2.35. The molecular weight excluding hydrogens is 749 g/mol. The molecule has 0 atom stereocenters. The second-order valence-corrected chi connectivity index (χ2v) is 20.2. The Kier molecular flexibility index (Phi) is 8.43. The molecule has 280 valence electrons. The van der Waals surface area contributed by atoms with Crippen LogP contribution in [-0.4, -0.2) is 17.2 Å². The summed E-state index contributed by atoms with van der Waals surface area (Å²) in [4.78, 5) is 0. The minimum atomic E-state index is -2.91. The minimum Gasteiger partial charge on any atom is -0.310 e. The lowest BCUT2D eigenvalue weighted by molar-refractivity contribution is 1.10. The molecule has 0 fully saturated rings. The van der Waals surface area contributed by atoms with E-state index in [2.05, 4.69) is 229 Å². The Hall–Kier alpha value is -6.98. The second-order valence-electron chi connectivity index (χ2n) is 15.4. The first kappa shape index (κ1) is 35.2. The maximum absolute atomic E-state index is 4.04. The smallest absolute Gasteiger partial charge is 0.179 e. The molecule has 11 aromatic rings. The van der Waals surface area contributed by atoms with Crippen LogP contribution in [0.3, 0.4) is 0 Å². The van der Waals surface area contributed by atoms with Gasteiger partial charge in [0.2, 0.25) is 0 Å². The molecule has 0 spiro atoms. The van der Waals surface area contributed by atoms with Crippen LogP contribution in [0.4, 0.5) is 0 Å². The van der Waals surface area contributed by atoms with Gasteiger partial charge in [0, 0.05) is 53.4 Å². The van der Waals surface area contributed by atoms with Crippen molar-refractivity contribution >= 4 is 99.1 Å². The number of fused-ring (bicyclic) bond motifs is 7. The number of hydrogen-bond donors (Lipinski definition) is 0. The average molecular weight is 789 g/mol. The van der Waals surface area contributed by atoms with Crippen molar-refractivity contribution in [2.24, 2.45) is 0 Å². The number of rotatable bonds is 8. The fraction of sp³-hybridized carbons (Fsp3) is 0.0182. The van der Waals surface area contributed by atoms with Crippen molar-refractivity contribution < 1.29 is 0 Å². The molecule has 0 aliphatic carbocycles. The molecule has 0 aliphatic rings. The highest BCUT2D eigenvalue weighted by Gasteiger charge is 2.41. The number of benzene rings is 8. The number of aromatic nitrogens is 2. The molecule has 0 aliphatic heterocycles. The van der Waals surface area contributed by atoms with E-state index in [-0.39, 0.29) is 0 Å². The predicted octanol–water partition coefficient (Wildman–Crippen LogP) is 12.0. The van der Waals surface area contributed by atoms with E-state index in [9.17, 15) is 0 Å². The number of thiophene rings is 1. The van der Waals surface area contributed by atoms with Crippen LogP contribution in [0.5, 0.6) is 0 Å². The van der Waals surface area contributed by atoms with Gasteiger partial charge in [0.25, 0.3) is 0 Å². The maximum atomic E-state index is 4.04. The second kappa shape index (κ2) is 14.1. The van der Waals surface area contributed by atoms with E-state index in [0.29, 0.717) is 0 Å². The van der Waals surface area contributed by atoms with Crippen molar-refractivity contribution in [2.45, 2.75) is 6.92 Å². The predicted molar refractivity (Wildman–Crippen MR) is 258 cm³/mol. The average Bonchev–Trinajstić information content (AvgIpc) is 3.93. The van der Waals surface area contributed by atoms with E-state index in [1.165, 1.54) is 84.9 Å². The van der Waals surface area contributed by atoms with Gasteiger partial charge in [-0.05, 0) is 93.9 Å². The first-order chi connectivity index (χ1) is 29.1. The molecule has 3 aromatic heterocycles. The molecule has 0 radical (unpaired) electrons. The largest absolute Gasteiger partial charge is 0.310 e. The molecule has 0 bridgehead atoms. The molecule has 8 aromatic carbocycles. The summed E-state index contributed by atoms with van der Waals surface area (Å²) in [5.74, 6) is 0. The molecule has 3 heterocycles. The summed E-state index contributed by atoms with van der Waals surface area (Å²) < 4.78 is 7.52. The molecule has 0 amide bonds. The molecule has 0 saturated heterocycles. The number of aryl methyl sites for hydroxylation is 1. The lowest BCUT2D eigenvalue weighted by Crippen LogP contribution is -2.74. The van der Waals surface area contributed by atoms with Crippen molar-refractivity contribution in [3.63, 3.8) is 0 Å². The van der Waals surface area contributed by atoms with Gasteiger partial charge in [0.15, 0.2) is 8.07 Å². The molecule has 2 nitrogen and oxygen atoms in total. The molecule has 0 N–H and O–H groups in total. The summed E-state index contributed by atoms with van der Waals surface area (Å²) in [6.45, 7) is 6.30. The Labute approximate surface area is 348 Å². The zero-order chi connectivity index (χ0) is 39.5. The first-order valence-corrected chi connectivity index (χ1v) is 23.0. The van der Waals surface area contributed by atoms with Crippen molar-refractivity contribution in [1.82, 2.24) is 9.13 Å². The third-order valence-corrected chi connectivity index (χ3v) is 18.2. The van der Waals surface area contributed by atoms with Crippen LogP contribution in [0.1, 0.15) is 11.3 Å². The highest BCUT2D eigenvalue weighted by Crippen LogP contribution is 2.40. The van der Waals surface area contributed by atoms with Crippen LogP contribution in [-0.2, 0) is 0 Å². The SMILES string of the molecule is C=C/C=C\c1c(C)c2cc3sc4ccccc4c3cc2n1-c1cccc([Si](c2ccccc2)(c2ccccc2)c2ccc(-n3c4ccccc4c4ccccc43)cc2)c1. The van der Waals surface area contributed by atoms with Gasteiger partial charge in [-0.15, -0.1) is 11.3 Å². The Morgan fingerprint density at radius 3 is 1.68 bits per heavy atom. The highest BCUT2D eigenvalue weighted by atomic mass is 32.1. The van der Waals surface area contributed by atoms with Crippen molar-refractivity contribution in [1.29, 1.82) is 0 Å². The van der Waals surface area contributed by atoms with Crippen LogP contribution in [0, 0.1) is 6.92 Å². The Morgan fingerprint density at radius 1 is 0.441 bits per heavy atom. The topological polar surface area (TPSA) is 9.86 Å². The standard InChI is InChI=1S/C55H40N2SSi/c1-3-4-27-50-38(2)48-37-55-49(47-26-13-16-30-54(47)58-55)36-53(48)57(50)40-18-17-23-44(35-40)59(41-19-7-5-8-20-41,42-21-9-6-10-22-42)43-33-31-39(32-34-43)56-51-28-14-11-24-45(51)46-25-12-15-29-52(46)56/h3-37H,1H2,2H3/b27-4-. The van der Waals surface area contributed by atoms with E-state index >= 15 is 0 Å². The number of hydrogen-bond acceptors (Lipinski definition) is 1. The van der Waals surface area contributed by atoms with Gasteiger partial charge in [-0.1, -0.05) is 158 Å². The minimum absolute atomic E-state index is 1.15. The van der Waals surface area contributed by atoms with Crippen molar-refractivity contribution in [3.8, 4) is 11.4 Å². The van der Waals surface area contributed by atoms with Gasteiger partial charge < -0.3 is 9.13 Å². The molecule has 59 heavy (non-hydrogen) atoms. The molecule has 11 rings (SSSR count). The Balaban J connectivity index is 1.17. The van der Waals surface area contributed by atoms with Gasteiger partial charge in [-0.25, -0.2) is 0 Å². The fourth-order valence-electron chi connectivity index (χ4n) is 9.63. The van der Waals surface area contributed by atoms with Crippen molar-refractivity contribution in [2.75, 3.05) is 0 Å². The number of nitrogens with zero attached hydrogens (tertiary/aromatic N) is 2. The van der Waals surface area contributed by atoms with E-state index in [1.54, 1.807) is 0 Å². The van der Waals surface area contributed by atoms with Gasteiger partial charge in [-0.2, -0.15) is 0 Å². The van der Waals surface area contributed by atoms with Crippen LogP contribution >= 0.6 is 11.3 Å². The molecule has 0 unspecified atom stereocenters. The van der Waals surface area contributed by atoms with E-state index < -0.39 is 8.07 Å². The zero-order valence-electron chi connectivity index (χ0n) is 32.7. The third kappa shape index (κ3) is 5.45. The molecular formula is C55H40N2SSi. The summed E-state index contributed by atoms with van der Waals surface area (Å²) >= 11 is 1.87. The van der Waals surface area contributed by atoms with Crippen LogP contribution in [0.15, 0.2) is 213 Å². The maximum Gasteiger partial charge on any atom is 0.179 e. The monoisotopic (exact) mass is 788 g/mol. The van der Waals surface area contributed by atoms with Crippen molar-refractivity contribution in [3.05, 3.63) is 224 Å². The summed E-state index contributed by atoms with van der Waals surface area (Å²) in [6.07, 6.45) is 6.15. The first-order valence-electron chi connectivity index (χ1n) is 20.2. The summed E-state index contributed by atoms with van der Waals surface area (Å²) in [5, 5.41) is 11.8. The van der Waals surface area contributed by atoms with Gasteiger partial charge >= 0.3 is 0 Å². The Morgan fingerprint density at radius 2 is 1.02 bits per heavy atom. The summed E-state index contributed by atoms with van der Waals surface area (Å²) in [7, 11) is -2.91. The highest BCUT2D eigenvalue weighted by molar-refractivity contribution is 7.26. The number of allylic oxidation sites excluding steroid dienone is 2. The summed E-state index contributed by atoms with van der Waals surface area (Å²) in [5.41, 5.74) is 8.37. The van der Waals surface area contributed by atoms with Gasteiger partial charge in [-0.3, -0.25) is 0 Å². The quantitative estimate of drug-likeness (QED) is 0.0824. The number of para-hydroxylation sites is 2. The van der Waals surface area contributed by atoms with Gasteiger partial charge in [0.05, 0.1) is 16.6 Å². The van der Waals surface area contributed by atoms with Gasteiger partial charge in [0.1, 0.15) is 0 Å². The van der Waals surface area contributed by atoms with E-state index in [4.69, 9.17) is 0 Å². The van der Waals surface area contributed by atoms with Crippen LogP contribution in [0.2, 0.25) is 0 Å². The molecule has 0 saturated carbocycles. The normalized spacial score (nSPS) is 12.2.